The van der Waals surface area contributed by atoms with Crippen molar-refractivity contribution in [3.8, 4) is 0 Å². The smallest absolute Gasteiger partial charge is 0.356 e. The molecule has 14 heavy (non-hydrogen) atoms. The molecule has 0 bridgehead atoms. The van der Waals surface area contributed by atoms with Gasteiger partial charge >= 0.3 is 5.97 Å². The minimum Gasteiger partial charge on any atom is -0.464 e. The van der Waals surface area contributed by atoms with Crippen molar-refractivity contribution in [3.63, 3.8) is 0 Å². The second kappa shape index (κ2) is 3.57. The average Bonchev–Trinajstić information content (AvgIpc) is 2.43. The molecule has 0 aliphatic heterocycles. The summed E-state index contributed by atoms with van der Waals surface area (Å²) in [6.07, 6.45) is 3.46. The number of nitrogens with one attached hydrogen (secondary N) is 2. The Kier molecular flexibility index (Phi) is 2.41. The minimum absolute atomic E-state index is 0.348. The Morgan fingerprint density at radius 3 is 2.71 bits per heavy atom. The lowest BCUT2D eigenvalue weighted by molar-refractivity contribution is 0.0592. The maximum Gasteiger partial charge on any atom is 0.356 e. The first-order valence-corrected chi connectivity index (χ1v) is 5.03. The van der Waals surface area contributed by atoms with Gasteiger partial charge in [-0.15, -0.1) is 0 Å². The van der Waals surface area contributed by atoms with Crippen LogP contribution >= 0.6 is 12.2 Å². The second-order valence-electron chi connectivity index (χ2n) is 3.49. The SMILES string of the molecule is COC(=O)c1[nH]c(=S)[nH]c1C1CCC1. The van der Waals surface area contributed by atoms with Crippen LogP contribution in [-0.2, 0) is 4.74 Å². The fourth-order valence-electron chi connectivity index (χ4n) is 1.66. The predicted octanol–water partition coefficient (Wildman–Crippen LogP) is 2.13. The van der Waals surface area contributed by atoms with Crippen LogP contribution in [-0.4, -0.2) is 23.0 Å². The van der Waals surface area contributed by atoms with Crippen LogP contribution in [0.4, 0.5) is 0 Å². The van der Waals surface area contributed by atoms with Crippen molar-refractivity contribution < 1.29 is 9.53 Å². The summed E-state index contributed by atoms with van der Waals surface area (Å²) < 4.78 is 5.17. The Balaban J connectivity index is 2.37. The van der Waals surface area contributed by atoms with Crippen LogP contribution in [0.15, 0.2) is 0 Å². The van der Waals surface area contributed by atoms with Crippen LogP contribution in [0.25, 0.3) is 0 Å². The number of esters is 1. The molecule has 1 aromatic rings. The van der Waals surface area contributed by atoms with E-state index < -0.39 is 0 Å². The zero-order valence-corrected chi connectivity index (χ0v) is 8.74. The summed E-state index contributed by atoms with van der Waals surface area (Å²) in [5.41, 5.74) is 1.40. The number of H-pyrrole nitrogens is 2. The molecule has 4 nitrogen and oxygen atoms in total. The average molecular weight is 212 g/mol. The molecule has 1 saturated carbocycles. The molecule has 0 atom stereocenters. The van der Waals surface area contributed by atoms with Gasteiger partial charge in [-0.25, -0.2) is 4.79 Å². The molecule has 0 unspecified atom stereocenters. The first-order valence-electron chi connectivity index (χ1n) is 4.63. The van der Waals surface area contributed by atoms with E-state index in [0.29, 0.717) is 16.4 Å². The summed E-state index contributed by atoms with van der Waals surface area (Å²) in [7, 11) is 1.37. The van der Waals surface area contributed by atoms with Crippen LogP contribution in [0.2, 0.25) is 0 Å². The number of rotatable bonds is 2. The second-order valence-corrected chi connectivity index (χ2v) is 3.90. The number of hydrogen-bond donors (Lipinski definition) is 2. The van der Waals surface area contributed by atoms with Crippen LogP contribution < -0.4 is 0 Å². The van der Waals surface area contributed by atoms with Crippen LogP contribution in [0, 0.1) is 4.77 Å². The van der Waals surface area contributed by atoms with Crippen LogP contribution in [0.1, 0.15) is 41.4 Å². The monoisotopic (exact) mass is 212 g/mol. The van der Waals surface area contributed by atoms with Crippen molar-refractivity contribution in [2.75, 3.05) is 7.11 Å². The van der Waals surface area contributed by atoms with E-state index in [0.717, 1.165) is 18.5 Å². The van der Waals surface area contributed by atoms with Gasteiger partial charge < -0.3 is 14.7 Å². The van der Waals surface area contributed by atoms with E-state index in [1.54, 1.807) is 0 Å². The molecular formula is C9H12N2O2S. The summed E-state index contributed by atoms with van der Waals surface area (Å²) in [5, 5.41) is 0. The van der Waals surface area contributed by atoms with Crippen molar-refractivity contribution in [3.05, 3.63) is 16.2 Å². The topological polar surface area (TPSA) is 57.9 Å². The fourth-order valence-corrected chi connectivity index (χ4v) is 1.88. The number of hydrogen-bond acceptors (Lipinski definition) is 3. The van der Waals surface area contributed by atoms with Gasteiger partial charge in [0.05, 0.1) is 12.8 Å². The van der Waals surface area contributed by atoms with E-state index in [4.69, 9.17) is 12.2 Å². The minimum atomic E-state index is -0.348. The molecular weight excluding hydrogens is 200 g/mol. The quantitative estimate of drug-likeness (QED) is 0.583. The lowest BCUT2D eigenvalue weighted by atomic mass is 9.82. The third kappa shape index (κ3) is 1.48. The van der Waals surface area contributed by atoms with E-state index in [1.807, 2.05) is 0 Å². The number of ether oxygens (including phenoxy) is 1. The molecule has 0 spiro atoms. The first-order chi connectivity index (χ1) is 6.72. The van der Waals surface area contributed by atoms with E-state index in [9.17, 15) is 4.79 Å². The molecule has 2 N–H and O–H groups in total. The molecule has 1 aliphatic carbocycles. The van der Waals surface area contributed by atoms with Gasteiger partial charge in [0, 0.05) is 5.92 Å². The van der Waals surface area contributed by atoms with Crippen LogP contribution in [0.3, 0.4) is 0 Å². The van der Waals surface area contributed by atoms with Crippen molar-refractivity contribution in [2.24, 2.45) is 0 Å². The van der Waals surface area contributed by atoms with Gasteiger partial charge in [-0.2, -0.15) is 0 Å². The van der Waals surface area contributed by atoms with Gasteiger partial charge in [-0.05, 0) is 25.1 Å². The van der Waals surface area contributed by atoms with Gasteiger partial charge in [0.15, 0.2) is 4.77 Å². The number of aromatic nitrogens is 2. The summed E-state index contributed by atoms with van der Waals surface area (Å²) >= 11 is 4.96. The number of methoxy groups -OCH3 is 1. The van der Waals surface area contributed by atoms with Crippen LogP contribution in [0.5, 0.6) is 0 Å². The molecule has 0 amide bonds. The highest BCUT2D eigenvalue weighted by Crippen LogP contribution is 2.36. The highest BCUT2D eigenvalue weighted by Gasteiger charge is 2.26. The van der Waals surface area contributed by atoms with Gasteiger partial charge in [-0.1, -0.05) is 6.42 Å². The first kappa shape index (κ1) is 9.45. The lowest BCUT2D eigenvalue weighted by Gasteiger charge is -2.24. The number of imidazole rings is 1. The summed E-state index contributed by atoms with van der Waals surface area (Å²) in [4.78, 5) is 17.2. The van der Waals surface area contributed by atoms with E-state index in [2.05, 4.69) is 14.7 Å². The fraction of sp³-hybridized carbons (Fsp3) is 0.556. The molecule has 1 aromatic heterocycles. The molecule has 1 aliphatic rings. The van der Waals surface area contributed by atoms with E-state index >= 15 is 0 Å². The normalized spacial score (nSPS) is 16.4. The highest BCUT2D eigenvalue weighted by molar-refractivity contribution is 7.71. The summed E-state index contributed by atoms with van der Waals surface area (Å²) in [6, 6.07) is 0. The maximum absolute atomic E-state index is 11.4. The molecule has 1 heterocycles. The number of carbonyl (C=O) groups is 1. The number of carbonyl (C=O) groups excluding carboxylic acids is 1. The molecule has 0 saturated heterocycles. The Morgan fingerprint density at radius 2 is 2.21 bits per heavy atom. The molecule has 0 aromatic carbocycles. The third-order valence-corrected chi connectivity index (χ3v) is 2.86. The highest BCUT2D eigenvalue weighted by atomic mass is 32.1. The number of aromatic amines is 2. The van der Waals surface area contributed by atoms with Gasteiger partial charge in [0.25, 0.3) is 0 Å². The molecule has 76 valence electrons. The molecule has 5 heteroatoms. The molecule has 2 rings (SSSR count). The van der Waals surface area contributed by atoms with Crippen molar-refractivity contribution in [1.29, 1.82) is 0 Å². The van der Waals surface area contributed by atoms with Gasteiger partial charge in [-0.3, -0.25) is 0 Å². The Morgan fingerprint density at radius 1 is 1.50 bits per heavy atom. The zero-order chi connectivity index (χ0) is 10.1. The van der Waals surface area contributed by atoms with Gasteiger partial charge in [0.2, 0.25) is 0 Å². The Labute approximate surface area is 86.7 Å². The summed E-state index contributed by atoms with van der Waals surface area (Å²) in [5.74, 6) is 0.0938. The lowest BCUT2D eigenvalue weighted by Crippen LogP contribution is -2.14. The van der Waals surface area contributed by atoms with Gasteiger partial charge in [0.1, 0.15) is 5.69 Å². The standard InChI is InChI=1S/C9H12N2O2S/c1-13-8(12)7-6(5-3-2-4-5)10-9(14)11-7/h5H,2-4H2,1H3,(H2,10,11,14). The predicted molar refractivity (Wildman–Crippen MR) is 53.9 cm³/mol. The largest absolute Gasteiger partial charge is 0.464 e. The van der Waals surface area contributed by atoms with E-state index in [-0.39, 0.29) is 5.97 Å². The third-order valence-electron chi connectivity index (χ3n) is 2.66. The molecule has 0 radical (unpaired) electrons. The Hall–Kier alpha value is -1.10. The Bertz CT molecular complexity index is 403. The van der Waals surface area contributed by atoms with Crippen molar-refractivity contribution in [1.82, 2.24) is 9.97 Å². The van der Waals surface area contributed by atoms with Crippen molar-refractivity contribution in [2.45, 2.75) is 25.2 Å². The maximum atomic E-state index is 11.4. The van der Waals surface area contributed by atoms with E-state index in [1.165, 1.54) is 13.5 Å². The summed E-state index contributed by atoms with van der Waals surface area (Å²) in [6.45, 7) is 0. The van der Waals surface area contributed by atoms with Crippen molar-refractivity contribution >= 4 is 18.2 Å². The molecule has 1 fully saturated rings. The zero-order valence-electron chi connectivity index (χ0n) is 7.92.